The molecule has 0 aliphatic carbocycles. The number of halogens is 1. The lowest BCUT2D eigenvalue weighted by Gasteiger charge is -2.33. The molecule has 1 aromatic heterocycles. The zero-order chi connectivity index (χ0) is 19.7. The highest BCUT2D eigenvalue weighted by Crippen LogP contribution is 2.29. The molecular formula is C20H20BrN3O2S2. The van der Waals surface area contributed by atoms with Crippen LogP contribution >= 0.6 is 27.3 Å². The number of piperazine rings is 1. The molecule has 5 nitrogen and oxygen atoms in total. The largest absolute Gasteiger partial charge is 0.345 e. The van der Waals surface area contributed by atoms with E-state index in [2.05, 4.69) is 57.4 Å². The van der Waals surface area contributed by atoms with Crippen LogP contribution in [0.5, 0.6) is 0 Å². The lowest BCUT2D eigenvalue weighted by molar-refractivity contribution is 0.385. The van der Waals surface area contributed by atoms with Gasteiger partial charge in [0.1, 0.15) is 0 Å². The van der Waals surface area contributed by atoms with Crippen LogP contribution in [0.1, 0.15) is 5.56 Å². The summed E-state index contributed by atoms with van der Waals surface area (Å²) in [7, 11) is -3.47. The Labute approximate surface area is 177 Å². The molecular weight excluding hydrogens is 458 g/mol. The van der Waals surface area contributed by atoms with Gasteiger partial charge in [0.15, 0.2) is 5.13 Å². The zero-order valence-corrected chi connectivity index (χ0v) is 18.6. The second-order valence-corrected chi connectivity index (χ2v) is 10.4. The molecule has 0 radical (unpaired) electrons. The van der Waals surface area contributed by atoms with E-state index in [1.165, 1.54) is 5.56 Å². The maximum absolute atomic E-state index is 12.9. The van der Waals surface area contributed by atoms with E-state index in [1.54, 1.807) is 33.8 Å². The Morgan fingerprint density at radius 3 is 2.43 bits per heavy atom. The van der Waals surface area contributed by atoms with Crippen LogP contribution in [0.4, 0.5) is 5.13 Å². The van der Waals surface area contributed by atoms with Gasteiger partial charge in [-0.25, -0.2) is 13.4 Å². The molecule has 0 amide bonds. The van der Waals surface area contributed by atoms with Crippen molar-refractivity contribution in [1.82, 2.24) is 9.29 Å². The summed E-state index contributed by atoms with van der Waals surface area (Å²) in [5.74, 6) is 0. The van der Waals surface area contributed by atoms with Crippen molar-refractivity contribution in [2.45, 2.75) is 11.8 Å². The van der Waals surface area contributed by atoms with Crippen molar-refractivity contribution in [3.8, 4) is 11.3 Å². The lowest BCUT2D eigenvalue weighted by atomic mass is 10.1. The molecule has 1 aliphatic rings. The van der Waals surface area contributed by atoms with Gasteiger partial charge < -0.3 is 4.90 Å². The number of thiazole rings is 1. The Balaban J connectivity index is 1.45. The van der Waals surface area contributed by atoms with Crippen molar-refractivity contribution in [2.75, 3.05) is 31.1 Å². The van der Waals surface area contributed by atoms with E-state index in [9.17, 15) is 8.42 Å². The quantitative estimate of drug-likeness (QED) is 0.558. The van der Waals surface area contributed by atoms with Gasteiger partial charge in [0, 0.05) is 41.6 Å². The number of aryl methyl sites for hydroxylation is 1. The summed E-state index contributed by atoms with van der Waals surface area (Å²) in [6, 6.07) is 15.2. The molecule has 8 heteroatoms. The van der Waals surface area contributed by atoms with Gasteiger partial charge in [-0.2, -0.15) is 4.31 Å². The monoisotopic (exact) mass is 477 g/mol. The smallest absolute Gasteiger partial charge is 0.243 e. The fraction of sp³-hybridized carbons (Fsp3) is 0.250. The molecule has 1 saturated heterocycles. The van der Waals surface area contributed by atoms with Crippen molar-refractivity contribution in [3.05, 3.63) is 63.9 Å². The number of benzene rings is 2. The first kappa shape index (κ1) is 19.6. The molecule has 1 fully saturated rings. The molecule has 0 N–H and O–H groups in total. The lowest BCUT2D eigenvalue weighted by Crippen LogP contribution is -2.48. The van der Waals surface area contributed by atoms with Crippen molar-refractivity contribution in [1.29, 1.82) is 0 Å². The van der Waals surface area contributed by atoms with E-state index in [4.69, 9.17) is 4.98 Å². The van der Waals surface area contributed by atoms with Gasteiger partial charge in [-0.3, -0.25) is 0 Å². The van der Waals surface area contributed by atoms with Gasteiger partial charge in [-0.05, 0) is 25.1 Å². The highest BCUT2D eigenvalue weighted by atomic mass is 79.9. The third-order valence-electron chi connectivity index (χ3n) is 4.78. The first-order valence-electron chi connectivity index (χ1n) is 8.97. The summed E-state index contributed by atoms with van der Waals surface area (Å²) >= 11 is 4.95. The van der Waals surface area contributed by atoms with E-state index >= 15 is 0 Å². The molecule has 0 spiro atoms. The molecule has 1 aliphatic heterocycles. The number of anilines is 1. The average Bonchev–Trinajstić information content (AvgIpc) is 3.19. The fourth-order valence-electron chi connectivity index (χ4n) is 3.16. The molecule has 28 heavy (non-hydrogen) atoms. The Kier molecular flexibility index (Phi) is 5.55. The van der Waals surface area contributed by atoms with Crippen LogP contribution in [0.2, 0.25) is 0 Å². The van der Waals surface area contributed by atoms with Crippen LogP contribution < -0.4 is 4.90 Å². The highest BCUT2D eigenvalue weighted by Gasteiger charge is 2.29. The Bertz CT molecular complexity index is 1070. The first-order chi connectivity index (χ1) is 13.4. The Morgan fingerprint density at radius 1 is 1.04 bits per heavy atom. The maximum Gasteiger partial charge on any atom is 0.243 e. The van der Waals surface area contributed by atoms with Crippen LogP contribution in [0.3, 0.4) is 0 Å². The van der Waals surface area contributed by atoms with E-state index in [0.29, 0.717) is 31.1 Å². The summed E-state index contributed by atoms with van der Waals surface area (Å²) in [5.41, 5.74) is 3.29. The van der Waals surface area contributed by atoms with Crippen LogP contribution in [-0.4, -0.2) is 43.9 Å². The fourth-order valence-corrected chi connectivity index (χ4v) is 6.07. The third-order valence-corrected chi connectivity index (χ3v) is 8.07. The second-order valence-electron chi connectivity index (χ2n) is 6.73. The van der Waals surface area contributed by atoms with Crippen LogP contribution in [-0.2, 0) is 10.0 Å². The predicted molar refractivity (Wildman–Crippen MR) is 117 cm³/mol. The molecule has 146 valence electrons. The van der Waals surface area contributed by atoms with Crippen molar-refractivity contribution in [2.24, 2.45) is 0 Å². The second kappa shape index (κ2) is 7.94. The minimum absolute atomic E-state index is 0.325. The maximum atomic E-state index is 12.9. The van der Waals surface area contributed by atoms with Gasteiger partial charge in [0.25, 0.3) is 0 Å². The summed E-state index contributed by atoms with van der Waals surface area (Å²) in [4.78, 5) is 7.25. The predicted octanol–water partition coefficient (Wildman–Crippen LogP) is 4.39. The van der Waals surface area contributed by atoms with Crippen LogP contribution in [0.15, 0.2) is 63.3 Å². The zero-order valence-electron chi connectivity index (χ0n) is 15.4. The van der Waals surface area contributed by atoms with Crippen molar-refractivity contribution in [3.63, 3.8) is 0 Å². The SMILES string of the molecule is Cc1ccc(-c2csc(N3CCN(S(=O)(=O)c4cccc(Br)c4)CC3)n2)cc1. The number of sulfonamides is 1. The van der Waals surface area contributed by atoms with E-state index in [0.717, 1.165) is 20.9 Å². The molecule has 0 unspecified atom stereocenters. The average molecular weight is 478 g/mol. The van der Waals surface area contributed by atoms with Gasteiger partial charge >= 0.3 is 0 Å². The molecule has 2 aromatic carbocycles. The first-order valence-corrected chi connectivity index (χ1v) is 12.1. The van der Waals surface area contributed by atoms with Gasteiger partial charge in [-0.1, -0.05) is 51.8 Å². The van der Waals surface area contributed by atoms with E-state index in [1.807, 2.05) is 6.07 Å². The standard InChI is InChI=1S/C20H20BrN3O2S2/c1-15-5-7-16(8-6-15)19-14-27-20(22-19)23-9-11-24(12-10-23)28(25,26)18-4-2-3-17(21)13-18/h2-8,13-14H,9-12H2,1H3. The number of hydrogen-bond acceptors (Lipinski definition) is 5. The molecule has 4 rings (SSSR count). The molecule has 0 bridgehead atoms. The number of hydrogen-bond donors (Lipinski definition) is 0. The number of rotatable bonds is 4. The van der Waals surface area contributed by atoms with Gasteiger partial charge in [0.05, 0.1) is 10.6 Å². The van der Waals surface area contributed by atoms with Crippen molar-refractivity contribution < 1.29 is 8.42 Å². The Morgan fingerprint density at radius 2 is 1.75 bits per heavy atom. The molecule has 2 heterocycles. The van der Waals surface area contributed by atoms with Gasteiger partial charge in [0.2, 0.25) is 10.0 Å². The van der Waals surface area contributed by atoms with Gasteiger partial charge in [-0.15, -0.1) is 11.3 Å². The third kappa shape index (κ3) is 4.00. The molecule has 3 aromatic rings. The van der Waals surface area contributed by atoms with Crippen LogP contribution in [0, 0.1) is 6.92 Å². The minimum Gasteiger partial charge on any atom is -0.345 e. The Hall–Kier alpha value is -1.74. The van der Waals surface area contributed by atoms with Crippen molar-refractivity contribution >= 4 is 42.4 Å². The number of nitrogens with zero attached hydrogens (tertiary/aromatic N) is 3. The summed E-state index contributed by atoms with van der Waals surface area (Å²) in [5, 5.41) is 3.00. The topological polar surface area (TPSA) is 53.5 Å². The van der Waals surface area contributed by atoms with E-state index < -0.39 is 10.0 Å². The summed E-state index contributed by atoms with van der Waals surface area (Å²) in [6.07, 6.45) is 0. The minimum atomic E-state index is -3.47. The number of aromatic nitrogens is 1. The summed E-state index contributed by atoms with van der Waals surface area (Å²) in [6.45, 7) is 4.24. The highest BCUT2D eigenvalue weighted by molar-refractivity contribution is 9.10. The van der Waals surface area contributed by atoms with Crippen LogP contribution in [0.25, 0.3) is 11.3 Å². The van der Waals surface area contributed by atoms with E-state index in [-0.39, 0.29) is 0 Å². The summed E-state index contributed by atoms with van der Waals surface area (Å²) < 4.78 is 28.1. The molecule has 0 atom stereocenters. The normalized spacial score (nSPS) is 15.7. The molecule has 0 saturated carbocycles.